The van der Waals surface area contributed by atoms with Crippen LogP contribution in [0.25, 0.3) is 0 Å². The molecule has 3 fully saturated rings. The molecule has 0 bridgehead atoms. The van der Waals surface area contributed by atoms with Gasteiger partial charge >= 0.3 is 0 Å². The number of likely N-dealkylation sites (tertiary alicyclic amines) is 2. The Morgan fingerprint density at radius 2 is 2.13 bits per heavy atom. The van der Waals surface area contributed by atoms with Gasteiger partial charge in [0.2, 0.25) is 0 Å². The molecule has 2 aliphatic heterocycles. The molecule has 0 amide bonds. The largest absolute Gasteiger partial charge is 0.384 e. The summed E-state index contributed by atoms with van der Waals surface area (Å²) in [6.07, 6.45) is 5.55. The van der Waals surface area contributed by atoms with E-state index in [1.807, 2.05) is 12.6 Å². The predicted molar refractivity (Wildman–Crippen MR) is 93.8 cm³/mol. The van der Waals surface area contributed by atoms with E-state index in [9.17, 15) is 0 Å². The summed E-state index contributed by atoms with van der Waals surface area (Å²) in [5, 5.41) is 0. The molecular weight excluding hydrogens is 306 g/mol. The number of hydrogen-bond acceptors (Lipinski definition) is 5. The highest BCUT2D eigenvalue weighted by atomic mass is 32.1. The number of aryl methyl sites for hydroxylation is 1. The molecule has 4 rings (SSSR count). The van der Waals surface area contributed by atoms with E-state index in [2.05, 4.69) is 21.7 Å². The lowest BCUT2D eigenvalue weighted by Crippen LogP contribution is -2.72. The highest BCUT2D eigenvalue weighted by molar-refractivity contribution is 7.09. The fourth-order valence-electron chi connectivity index (χ4n) is 4.53. The highest BCUT2D eigenvalue weighted by Crippen LogP contribution is 2.42. The molecule has 1 spiro atoms. The van der Waals surface area contributed by atoms with Crippen LogP contribution < -0.4 is 0 Å². The Morgan fingerprint density at radius 1 is 1.30 bits per heavy atom. The van der Waals surface area contributed by atoms with Crippen molar-refractivity contribution in [2.24, 2.45) is 11.8 Å². The van der Waals surface area contributed by atoms with Crippen LogP contribution in [0.15, 0.2) is 5.51 Å². The van der Waals surface area contributed by atoms with Crippen LogP contribution in [-0.2, 0) is 11.3 Å². The van der Waals surface area contributed by atoms with E-state index < -0.39 is 0 Å². The van der Waals surface area contributed by atoms with Crippen molar-refractivity contribution >= 4 is 11.3 Å². The van der Waals surface area contributed by atoms with Crippen molar-refractivity contribution < 1.29 is 4.74 Å². The molecule has 0 radical (unpaired) electrons. The molecule has 5 heteroatoms. The van der Waals surface area contributed by atoms with Gasteiger partial charge in [-0.25, -0.2) is 4.98 Å². The summed E-state index contributed by atoms with van der Waals surface area (Å²) in [7, 11) is 1.85. The summed E-state index contributed by atoms with van der Waals surface area (Å²) in [6, 6.07) is 0. The number of rotatable bonds is 6. The fourth-order valence-corrected chi connectivity index (χ4v) is 5.35. The first kappa shape index (κ1) is 16.0. The lowest BCUT2D eigenvalue weighted by atomic mass is 9.75. The number of ether oxygens (including phenoxy) is 1. The van der Waals surface area contributed by atoms with Crippen molar-refractivity contribution in [3.05, 3.63) is 16.1 Å². The second kappa shape index (κ2) is 6.43. The molecule has 1 aliphatic carbocycles. The molecule has 0 unspecified atom stereocenters. The van der Waals surface area contributed by atoms with E-state index in [1.165, 1.54) is 62.4 Å². The van der Waals surface area contributed by atoms with Gasteiger partial charge < -0.3 is 4.74 Å². The monoisotopic (exact) mass is 335 g/mol. The molecule has 0 N–H and O–H groups in total. The third-order valence-electron chi connectivity index (χ3n) is 5.97. The minimum Gasteiger partial charge on any atom is -0.384 e. The van der Waals surface area contributed by atoms with Gasteiger partial charge in [-0.3, -0.25) is 9.80 Å². The number of hydrogen-bond donors (Lipinski definition) is 0. The number of thiazole rings is 1. The molecule has 128 valence electrons. The maximum atomic E-state index is 5.46. The average Bonchev–Trinajstić information content (AvgIpc) is 3.23. The zero-order valence-corrected chi connectivity index (χ0v) is 15.3. The van der Waals surface area contributed by atoms with Crippen molar-refractivity contribution in [2.45, 2.75) is 44.7 Å². The summed E-state index contributed by atoms with van der Waals surface area (Å²) < 4.78 is 5.46. The molecule has 2 saturated heterocycles. The maximum absolute atomic E-state index is 5.46. The van der Waals surface area contributed by atoms with Gasteiger partial charge in [-0.15, -0.1) is 11.3 Å². The zero-order chi connectivity index (χ0) is 15.9. The Labute approximate surface area is 143 Å². The van der Waals surface area contributed by atoms with Crippen molar-refractivity contribution in [1.82, 2.24) is 14.8 Å². The molecule has 0 aromatic carbocycles. The molecule has 3 aliphatic rings. The summed E-state index contributed by atoms with van der Waals surface area (Å²) in [4.78, 5) is 11.3. The van der Waals surface area contributed by atoms with E-state index >= 15 is 0 Å². The first-order chi connectivity index (χ1) is 11.2. The third-order valence-corrected chi connectivity index (χ3v) is 6.89. The SMILES string of the molecule is COC[C@H]1CCN(CC2CC2)C2(C1)CN(Cc1scnc1C)C2. The Hall–Kier alpha value is -0.490. The van der Waals surface area contributed by atoms with Gasteiger partial charge in [0.05, 0.1) is 11.2 Å². The third kappa shape index (κ3) is 3.34. The normalized spacial score (nSPS) is 28.2. The van der Waals surface area contributed by atoms with Crippen LogP contribution in [-0.4, -0.2) is 60.2 Å². The molecule has 1 aromatic rings. The molecule has 4 nitrogen and oxygen atoms in total. The van der Waals surface area contributed by atoms with Gasteiger partial charge in [0.15, 0.2) is 0 Å². The number of piperidine rings is 1. The number of nitrogens with zero attached hydrogens (tertiary/aromatic N) is 3. The molecule has 3 heterocycles. The lowest BCUT2D eigenvalue weighted by molar-refractivity contribution is -0.104. The molecule has 23 heavy (non-hydrogen) atoms. The second-order valence-electron chi connectivity index (χ2n) is 7.93. The second-order valence-corrected chi connectivity index (χ2v) is 8.87. The van der Waals surface area contributed by atoms with Gasteiger partial charge in [0.1, 0.15) is 0 Å². The van der Waals surface area contributed by atoms with Crippen molar-refractivity contribution in [3.63, 3.8) is 0 Å². The topological polar surface area (TPSA) is 28.6 Å². The molecule has 1 atom stereocenters. The summed E-state index contributed by atoms with van der Waals surface area (Å²) in [6.45, 7) is 9.24. The quantitative estimate of drug-likeness (QED) is 0.799. The van der Waals surface area contributed by atoms with E-state index in [0.717, 1.165) is 25.0 Å². The lowest BCUT2D eigenvalue weighted by Gasteiger charge is -2.60. The van der Waals surface area contributed by atoms with E-state index in [-0.39, 0.29) is 0 Å². The van der Waals surface area contributed by atoms with Gasteiger partial charge in [-0.05, 0) is 51.0 Å². The Kier molecular flexibility index (Phi) is 4.47. The minimum atomic E-state index is 0.433. The van der Waals surface area contributed by atoms with Crippen LogP contribution in [0.2, 0.25) is 0 Å². The fraction of sp³-hybridized carbons (Fsp3) is 0.833. The van der Waals surface area contributed by atoms with Gasteiger partial charge in [0, 0.05) is 50.3 Å². The number of methoxy groups -OCH3 is 1. The Morgan fingerprint density at radius 3 is 2.78 bits per heavy atom. The van der Waals surface area contributed by atoms with Crippen LogP contribution in [0.5, 0.6) is 0 Å². The summed E-state index contributed by atoms with van der Waals surface area (Å²) in [5.41, 5.74) is 3.63. The summed E-state index contributed by atoms with van der Waals surface area (Å²) >= 11 is 1.81. The smallest absolute Gasteiger partial charge is 0.0798 e. The Balaban J connectivity index is 1.40. The highest BCUT2D eigenvalue weighted by Gasteiger charge is 2.51. The van der Waals surface area contributed by atoms with Gasteiger partial charge in [-0.2, -0.15) is 0 Å². The molecule has 1 saturated carbocycles. The summed E-state index contributed by atoms with van der Waals surface area (Å²) in [5.74, 6) is 1.74. The van der Waals surface area contributed by atoms with Crippen molar-refractivity contribution in [3.8, 4) is 0 Å². The van der Waals surface area contributed by atoms with Crippen LogP contribution in [0, 0.1) is 18.8 Å². The van der Waals surface area contributed by atoms with E-state index in [4.69, 9.17) is 4.74 Å². The van der Waals surface area contributed by atoms with Crippen LogP contribution in [0.3, 0.4) is 0 Å². The average molecular weight is 336 g/mol. The van der Waals surface area contributed by atoms with Crippen molar-refractivity contribution in [2.75, 3.05) is 39.9 Å². The predicted octanol–water partition coefficient (Wildman–Crippen LogP) is 2.77. The first-order valence-corrected chi connectivity index (χ1v) is 9.92. The van der Waals surface area contributed by atoms with Crippen LogP contribution in [0.4, 0.5) is 0 Å². The Bertz CT molecular complexity index is 536. The van der Waals surface area contributed by atoms with Crippen LogP contribution >= 0.6 is 11.3 Å². The maximum Gasteiger partial charge on any atom is 0.0798 e. The number of aromatic nitrogens is 1. The van der Waals surface area contributed by atoms with E-state index in [1.54, 1.807) is 11.3 Å². The van der Waals surface area contributed by atoms with E-state index in [0.29, 0.717) is 5.54 Å². The zero-order valence-electron chi connectivity index (χ0n) is 14.5. The minimum absolute atomic E-state index is 0.433. The van der Waals surface area contributed by atoms with Gasteiger partial charge in [-0.1, -0.05) is 0 Å². The molecular formula is C18H29N3OS. The molecule has 1 aromatic heterocycles. The first-order valence-electron chi connectivity index (χ1n) is 9.04. The standard InChI is InChI=1S/C18H29N3OS/c1-14-17(23-13-19-14)9-20-11-18(12-20)7-16(10-22-2)5-6-21(18)8-15-3-4-15/h13,15-16H,3-12H2,1-2H3/t16-/m0/s1. The van der Waals surface area contributed by atoms with Crippen molar-refractivity contribution in [1.29, 1.82) is 0 Å². The van der Waals surface area contributed by atoms with Gasteiger partial charge in [0.25, 0.3) is 0 Å². The van der Waals surface area contributed by atoms with Crippen LogP contribution in [0.1, 0.15) is 36.3 Å².